The molecule has 0 atom stereocenters. The van der Waals surface area contributed by atoms with Crippen LogP contribution in [0, 0.1) is 5.82 Å². The fraction of sp³-hybridized carbons (Fsp3) is 0.333. The van der Waals surface area contributed by atoms with E-state index >= 15 is 0 Å². The molecule has 1 heterocycles. The Bertz CT molecular complexity index is 493. The van der Waals surface area contributed by atoms with Gasteiger partial charge in [-0.1, -0.05) is 0 Å². The van der Waals surface area contributed by atoms with Crippen molar-refractivity contribution < 1.29 is 9.13 Å². The predicted octanol–water partition coefficient (Wildman–Crippen LogP) is 2.08. The first kappa shape index (κ1) is 11.0. The van der Waals surface area contributed by atoms with Crippen LogP contribution in [0.15, 0.2) is 18.3 Å². The first-order valence-corrected chi connectivity index (χ1v) is 5.24. The number of hydrogen-bond donors (Lipinski definition) is 2. The van der Waals surface area contributed by atoms with Crippen LogP contribution in [0.5, 0.6) is 5.75 Å². The summed E-state index contributed by atoms with van der Waals surface area (Å²) in [5.74, 6) is 0.278. The van der Waals surface area contributed by atoms with Crippen molar-refractivity contribution in [1.82, 2.24) is 10.3 Å². The van der Waals surface area contributed by atoms with Crippen LogP contribution in [0.4, 0.5) is 4.39 Å². The second kappa shape index (κ2) is 4.53. The Morgan fingerprint density at radius 3 is 2.94 bits per heavy atom. The van der Waals surface area contributed by atoms with Gasteiger partial charge in [-0.05, 0) is 31.6 Å². The van der Waals surface area contributed by atoms with Gasteiger partial charge < -0.3 is 15.0 Å². The summed E-state index contributed by atoms with van der Waals surface area (Å²) in [6.45, 7) is 0.867. The maximum Gasteiger partial charge on any atom is 0.150 e. The number of nitrogens with one attached hydrogen (secondary N) is 2. The average molecular weight is 222 g/mol. The molecule has 0 aliphatic rings. The van der Waals surface area contributed by atoms with Crippen LogP contribution in [-0.4, -0.2) is 25.7 Å². The Morgan fingerprint density at radius 2 is 2.25 bits per heavy atom. The van der Waals surface area contributed by atoms with Crippen LogP contribution in [0.2, 0.25) is 0 Å². The molecule has 16 heavy (non-hydrogen) atoms. The third kappa shape index (κ3) is 1.88. The number of H-pyrrole nitrogens is 1. The molecule has 3 nitrogen and oxygen atoms in total. The highest BCUT2D eigenvalue weighted by atomic mass is 19.1. The summed E-state index contributed by atoms with van der Waals surface area (Å²) in [5, 5.41) is 3.97. The van der Waals surface area contributed by atoms with Crippen LogP contribution >= 0.6 is 0 Å². The molecule has 0 spiro atoms. The molecule has 0 aliphatic heterocycles. The molecule has 2 aromatic rings. The number of aromatic amines is 1. The first-order valence-electron chi connectivity index (χ1n) is 5.24. The predicted molar refractivity (Wildman–Crippen MR) is 62.4 cm³/mol. The summed E-state index contributed by atoms with van der Waals surface area (Å²) < 4.78 is 18.7. The number of rotatable bonds is 4. The van der Waals surface area contributed by atoms with Crippen LogP contribution in [0.25, 0.3) is 10.9 Å². The Kier molecular flexibility index (Phi) is 3.10. The van der Waals surface area contributed by atoms with Crippen molar-refractivity contribution >= 4 is 10.9 Å². The minimum atomic E-state index is -0.273. The van der Waals surface area contributed by atoms with Crippen molar-refractivity contribution in [3.63, 3.8) is 0 Å². The molecule has 0 bridgehead atoms. The lowest BCUT2D eigenvalue weighted by Gasteiger charge is -2.03. The molecule has 2 N–H and O–H groups in total. The monoisotopic (exact) mass is 222 g/mol. The standard InChI is InChI=1S/C12H15FN2O/c1-14-4-3-8-7-15-12-10(8)5-9(16-2)6-11(12)13/h5-7,14-15H,3-4H2,1-2H3. The summed E-state index contributed by atoms with van der Waals surface area (Å²) in [4.78, 5) is 2.96. The van der Waals surface area contributed by atoms with Gasteiger partial charge in [0.25, 0.3) is 0 Å². The van der Waals surface area contributed by atoms with Gasteiger partial charge in [-0.15, -0.1) is 0 Å². The highest BCUT2D eigenvalue weighted by Crippen LogP contribution is 2.26. The van der Waals surface area contributed by atoms with Crippen molar-refractivity contribution in [3.8, 4) is 5.75 Å². The van der Waals surface area contributed by atoms with E-state index in [1.165, 1.54) is 6.07 Å². The van der Waals surface area contributed by atoms with Gasteiger partial charge in [-0.2, -0.15) is 0 Å². The zero-order valence-electron chi connectivity index (χ0n) is 9.43. The van der Waals surface area contributed by atoms with E-state index in [9.17, 15) is 4.39 Å². The largest absolute Gasteiger partial charge is 0.497 e. The second-order valence-corrected chi connectivity index (χ2v) is 3.70. The van der Waals surface area contributed by atoms with Crippen molar-refractivity contribution in [2.75, 3.05) is 20.7 Å². The fourth-order valence-electron chi connectivity index (χ4n) is 1.80. The molecule has 4 heteroatoms. The lowest BCUT2D eigenvalue weighted by molar-refractivity contribution is 0.412. The van der Waals surface area contributed by atoms with Crippen molar-refractivity contribution in [2.45, 2.75) is 6.42 Å². The summed E-state index contributed by atoms with van der Waals surface area (Å²) >= 11 is 0. The fourth-order valence-corrected chi connectivity index (χ4v) is 1.80. The molecule has 2 rings (SSSR count). The van der Waals surface area contributed by atoms with Crippen molar-refractivity contribution in [2.24, 2.45) is 0 Å². The number of fused-ring (bicyclic) bond motifs is 1. The Hall–Kier alpha value is -1.55. The molecule has 86 valence electrons. The number of hydrogen-bond acceptors (Lipinski definition) is 2. The molecule has 0 fully saturated rings. The quantitative estimate of drug-likeness (QED) is 0.831. The normalized spacial score (nSPS) is 10.9. The van der Waals surface area contributed by atoms with Gasteiger partial charge in [0.1, 0.15) is 5.75 Å². The van der Waals surface area contributed by atoms with Crippen LogP contribution in [0.1, 0.15) is 5.56 Å². The smallest absolute Gasteiger partial charge is 0.150 e. The third-order valence-corrected chi connectivity index (χ3v) is 2.68. The van der Waals surface area contributed by atoms with Gasteiger partial charge in [0.05, 0.1) is 12.6 Å². The number of halogens is 1. The molecule has 1 aromatic carbocycles. The van der Waals surface area contributed by atoms with E-state index in [0.717, 1.165) is 23.9 Å². The van der Waals surface area contributed by atoms with Crippen molar-refractivity contribution in [1.29, 1.82) is 0 Å². The van der Waals surface area contributed by atoms with Gasteiger partial charge in [0, 0.05) is 17.6 Å². The minimum absolute atomic E-state index is 0.273. The number of aromatic nitrogens is 1. The van der Waals surface area contributed by atoms with Gasteiger partial charge in [-0.3, -0.25) is 0 Å². The van der Waals surface area contributed by atoms with Gasteiger partial charge in [0.2, 0.25) is 0 Å². The SMILES string of the molecule is CNCCc1c[nH]c2c(F)cc(OC)cc12. The molecular weight excluding hydrogens is 207 g/mol. The zero-order chi connectivity index (χ0) is 11.5. The van der Waals surface area contributed by atoms with E-state index in [1.54, 1.807) is 7.11 Å². The van der Waals surface area contributed by atoms with Gasteiger partial charge in [-0.25, -0.2) is 4.39 Å². The lowest BCUT2D eigenvalue weighted by atomic mass is 10.1. The van der Waals surface area contributed by atoms with E-state index in [4.69, 9.17) is 4.74 Å². The van der Waals surface area contributed by atoms with Crippen molar-refractivity contribution in [3.05, 3.63) is 29.7 Å². The summed E-state index contributed by atoms with van der Waals surface area (Å²) in [7, 11) is 3.44. The summed E-state index contributed by atoms with van der Waals surface area (Å²) in [6, 6.07) is 3.25. The molecule has 0 unspecified atom stereocenters. The molecular formula is C12H15FN2O. The van der Waals surface area contributed by atoms with E-state index in [2.05, 4.69) is 10.3 Å². The first-order chi connectivity index (χ1) is 7.76. The van der Waals surface area contributed by atoms with E-state index < -0.39 is 0 Å². The minimum Gasteiger partial charge on any atom is -0.497 e. The molecule has 0 radical (unpaired) electrons. The maximum absolute atomic E-state index is 13.6. The Labute approximate surface area is 93.6 Å². The number of benzene rings is 1. The molecule has 1 aromatic heterocycles. The number of likely N-dealkylation sites (N-methyl/N-ethyl adjacent to an activating group) is 1. The third-order valence-electron chi connectivity index (χ3n) is 2.68. The summed E-state index contributed by atoms with van der Waals surface area (Å²) in [5.41, 5.74) is 1.65. The Morgan fingerprint density at radius 1 is 1.44 bits per heavy atom. The second-order valence-electron chi connectivity index (χ2n) is 3.70. The summed E-state index contributed by atoms with van der Waals surface area (Å²) in [6.07, 6.45) is 2.72. The van der Waals surface area contributed by atoms with Gasteiger partial charge in [0.15, 0.2) is 5.82 Å². The lowest BCUT2D eigenvalue weighted by Crippen LogP contribution is -2.09. The number of ether oxygens (including phenoxy) is 1. The van der Waals surface area contributed by atoms with Gasteiger partial charge >= 0.3 is 0 Å². The molecule has 0 saturated heterocycles. The molecule has 0 aliphatic carbocycles. The maximum atomic E-state index is 13.6. The topological polar surface area (TPSA) is 37.0 Å². The zero-order valence-corrected chi connectivity index (χ0v) is 9.43. The van der Waals surface area contributed by atoms with E-state index in [0.29, 0.717) is 11.3 Å². The van der Waals surface area contributed by atoms with E-state index in [1.807, 2.05) is 19.3 Å². The highest BCUT2D eigenvalue weighted by Gasteiger charge is 2.09. The highest BCUT2D eigenvalue weighted by molar-refractivity contribution is 5.85. The van der Waals surface area contributed by atoms with E-state index in [-0.39, 0.29) is 5.82 Å². The van der Waals surface area contributed by atoms with Crippen LogP contribution < -0.4 is 10.1 Å². The molecule has 0 amide bonds. The van der Waals surface area contributed by atoms with Crippen LogP contribution in [-0.2, 0) is 6.42 Å². The molecule has 0 saturated carbocycles. The van der Waals surface area contributed by atoms with Crippen LogP contribution in [0.3, 0.4) is 0 Å². The number of methoxy groups -OCH3 is 1. The Balaban J connectivity index is 2.47. The average Bonchev–Trinajstić information content (AvgIpc) is 2.70.